The molecule has 12 heteroatoms. The third-order valence-corrected chi connectivity index (χ3v) is 4.49. The van der Waals surface area contributed by atoms with Gasteiger partial charge in [-0.05, 0) is 6.92 Å². The lowest BCUT2D eigenvalue weighted by atomic mass is 10.2. The monoisotopic (exact) mass is 403 g/mol. The van der Waals surface area contributed by atoms with Crippen molar-refractivity contribution in [1.82, 2.24) is 19.8 Å². The Morgan fingerprint density at radius 2 is 1.89 bits per heavy atom. The Balaban J connectivity index is 1.54. The highest BCUT2D eigenvalue weighted by Gasteiger charge is 2.39. The molecule has 2 unspecified atom stereocenters. The standard InChI is InChI=1S/C16H20F3N5O4/c1-10(25)8-24-9-12(28-15(24)27)13(26)22-2-4-23(5-3-22)14-20-6-11(7-21-14)16(17,18)19/h6-7,10,12,25H,2-5,8-9H2,1H3. The van der Waals surface area contributed by atoms with E-state index in [1.165, 1.54) is 16.7 Å². The van der Waals surface area contributed by atoms with E-state index in [1.54, 1.807) is 4.90 Å². The van der Waals surface area contributed by atoms with E-state index in [2.05, 4.69) is 9.97 Å². The number of carbonyl (C=O) groups excluding carboxylic acids is 2. The topological polar surface area (TPSA) is 99.1 Å². The number of cyclic esters (lactones) is 1. The SMILES string of the molecule is CC(O)CN1CC(C(=O)N2CCN(c3ncc(C(F)(F)F)cn3)CC2)OC1=O. The highest BCUT2D eigenvalue weighted by molar-refractivity contribution is 5.86. The molecule has 0 saturated carbocycles. The normalized spacial score (nSPS) is 21.7. The maximum absolute atomic E-state index is 12.6. The molecule has 3 rings (SSSR count). The molecule has 1 aromatic heterocycles. The second-order valence-electron chi connectivity index (χ2n) is 6.71. The first kappa shape index (κ1) is 20.1. The number of piperazine rings is 1. The van der Waals surface area contributed by atoms with Crippen molar-refractivity contribution in [2.45, 2.75) is 25.3 Å². The van der Waals surface area contributed by atoms with Gasteiger partial charge in [-0.3, -0.25) is 4.79 Å². The van der Waals surface area contributed by atoms with Crippen LogP contribution in [-0.2, 0) is 15.7 Å². The Kier molecular flexibility index (Phi) is 5.59. The number of aliphatic hydroxyl groups is 1. The Bertz CT molecular complexity index is 720. The average Bonchev–Trinajstić information content (AvgIpc) is 3.00. The lowest BCUT2D eigenvalue weighted by Gasteiger charge is -2.35. The first-order valence-corrected chi connectivity index (χ1v) is 8.71. The van der Waals surface area contributed by atoms with Crippen molar-refractivity contribution in [3.63, 3.8) is 0 Å². The number of ether oxygens (including phenoxy) is 1. The molecule has 2 atom stereocenters. The molecule has 0 bridgehead atoms. The van der Waals surface area contributed by atoms with Crippen LogP contribution in [-0.4, -0.2) is 88.4 Å². The van der Waals surface area contributed by atoms with Crippen molar-refractivity contribution in [3.8, 4) is 0 Å². The van der Waals surface area contributed by atoms with Gasteiger partial charge in [0.2, 0.25) is 5.95 Å². The number of halogens is 3. The van der Waals surface area contributed by atoms with E-state index in [0.717, 1.165) is 12.4 Å². The van der Waals surface area contributed by atoms with Crippen molar-refractivity contribution in [1.29, 1.82) is 0 Å². The molecule has 1 N–H and O–H groups in total. The molecule has 2 fully saturated rings. The van der Waals surface area contributed by atoms with Crippen LogP contribution in [0.3, 0.4) is 0 Å². The fraction of sp³-hybridized carbons (Fsp3) is 0.625. The van der Waals surface area contributed by atoms with Gasteiger partial charge in [0, 0.05) is 45.1 Å². The first-order valence-electron chi connectivity index (χ1n) is 8.71. The van der Waals surface area contributed by atoms with E-state index >= 15 is 0 Å². The van der Waals surface area contributed by atoms with E-state index < -0.39 is 30.0 Å². The predicted molar refractivity (Wildman–Crippen MR) is 89.3 cm³/mol. The molecule has 2 amide bonds. The Hall–Kier alpha value is -2.63. The summed E-state index contributed by atoms with van der Waals surface area (Å²) in [4.78, 5) is 36.3. The molecule has 9 nitrogen and oxygen atoms in total. The molecule has 154 valence electrons. The smallest absolute Gasteiger partial charge is 0.419 e. The lowest BCUT2D eigenvalue weighted by molar-refractivity contribution is -0.139. The van der Waals surface area contributed by atoms with Crippen LogP contribution in [0.1, 0.15) is 12.5 Å². The quantitative estimate of drug-likeness (QED) is 0.774. The van der Waals surface area contributed by atoms with Gasteiger partial charge in [-0.15, -0.1) is 0 Å². The van der Waals surface area contributed by atoms with Crippen LogP contribution in [0.5, 0.6) is 0 Å². The lowest BCUT2D eigenvalue weighted by Crippen LogP contribution is -2.52. The Labute approximate surface area is 158 Å². The van der Waals surface area contributed by atoms with E-state index in [-0.39, 0.29) is 24.9 Å². The molecule has 2 aliphatic heterocycles. The third-order valence-electron chi connectivity index (χ3n) is 4.49. The summed E-state index contributed by atoms with van der Waals surface area (Å²) in [6, 6.07) is 0. The number of amides is 2. The summed E-state index contributed by atoms with van der Waals surface area (Å²) in [5.74, 6) is -0.176. The summed E-state index contributed by atoms with van der Waals surface area (Å²) in [6.07, 6.45) is -5.34. The molecule has 2 saturated heterocycles. The maximum Gasteiger partial charge on any atom is 0.419 e. The zero-order chi connectivity index (χ0) is 20.5. The molecule has 0 radical (unpaired) electrons. The number of aromatic nitrogens is 2. The number of nitrogens with zero attached hydrogens (tertiary/aromatic N) is 5. The highest BCUT2D eigenvalue weighted by Crippen LogP contribution is 2.28. The summed E-state index contributed by atoms with van der Waals surface area (Å²) in [5.41, 5.74) is -0.921. The number of alkyl halides is 3. The zero-order valence-electron chi connectivity index (χ0n) is 15.1. The van der Waals surface area contributed by atoms with Crippen LogP contribution in [0, 0.1) is 0 Å². The fourth-order valence-electron chi connectivity index (χ4n) is 3.07. The van der Waals surface area contributed by atoms with E-state index in [4.69, 9.17) is 4.74 Å². The van der Waals surface area contributed by atoms with Crippen LogP contribution in [0.15, 0.2) is 12.4 Å². The largest absolute Gasteiger partial charge is 0.434 e. The number of β-amino-alcohol motifs (C(OH)–C–C–N with tert-alkyl or cyclic N) is 1. The number of hydrogen-bond donors (Lipinski definition) is 1. The van der Waals surface area contributed by atoms with Crippen molar-refractivity contribution in [3.05, 3.63) is 18.0 Å². The van der Waals surface area contributed by atoms with Crippen molar-refractivity contribution < 1.29 is 32.6 Å². The highest BCUT2D eigenvalue weighted by atomic mass is 19.4. The summed E-state index contributed by atoms with van der Waals surface area (Å²) in [6.45, 7) is 2.98. The minimum absolute atomic E-state index is 0.0742. The predicted octanol–water partition coefficient (Wildman–Crippen LogP) is 0.346. The molecule has 28 heavy (non-hydrogen) atoms. The van der Waals surface area contributed by atoms with Gasteiger partial charge in [0.25, 0.3) is 5.91 Å². The van der Waals surface area contributed by atoms with Crippen LogP contribution in [0.2, 0.25) is 0 Å². The summed E-state index contributed by atoms with van der Waals surface area (Å²) < 4.78 is 42.8. The summed E-state index contributed by atoms with van der Waals surface area (Å²) >= 11 is 0. The Morgan fingerprint density at radius 3 is 2.43 bits per heavy atom. The minimum atomic E-state index is -4.50. The second-order valence-corrected chi connectivity index (χ2v) is 6.71. The third kappa shape index (κ3) is 4.43. The number of rotatable bonds is 4. The zero-order valence-corrected chi connectivity index (χ0v) is 15.1. The van der Waals surface area contributed by atoms with Gasteiger partial charge in [-0.2, -0.15) is 13.2 Å². The molecule has 3 heterocycles. The first-order chi connectivity index (χ1) is 13.1. The summed E-state index contributed by atoms with van der Waals surface area (Å²) in [7, 11) is 0. The molecular formula is C16H20F3N5O4. The minimum Gasteiger partial charge on any atom is -0.434 e. The molecule has 1 aromatic rings. The van der Waals surface area contributed by atoms with Crippen LogP contribution in [0.25, 0.3) is 0 Å². The van der Waals surface area contributed by atoms with Crippen molar-refractivity contribution in [2.24, 2.45) is 0 Å². The van der Waals surface area contributed by atoms with Gasteiger partial charge in [-0.1, -0.05) is 0 Å². The van der Waals surface area contributed by atoms with Gasteiger partial charge in [0.15, 0.2) is 6.10 Å². The number of aliphatic hydroxyl groups excluding tert-OH is 1. The van der Waals surface area contributed by atoms with Gasteiger partial charge in [0.1, 0.15) is 0 Å². The van der Waals surface area contributed by atoms with Crippen molar-refractivity contribution in [2.75, 3.05) is 44.2 Å². The summed E-state index contributed by atoms with van der Waals surface area (Å²) in [5, 5.41) is 9.38. The maximum atomic E-state index is 12.6. The van der Waals surface area contributed by atoms with Gasteiger partial charge in [-0.25, -0.2) is 14.8 Å². The number of anilines is 1. The van der Waals surface area contributed by atoms with E-state index in [9.17, 15) is 27.9 Å². The Morgan fingerprint density at radius 1 is 1.29 bits per heavy atom. The van der Waals surface area contributed by atoms with Crippen LogP contribution in [0.4, 0.5) is 23.9 Å². The van der Waals surface area contributed by atoms with Gasteiger partial charge >= 0.3 is 12.3 Å². The fourth-order valence-corrected chi connectivity index (χ4v) is 3.07. The van der Waals surface area contributed by atoms with Crippen LogP contribution >= 0.6 is 0 Å². The molecule has 0 aliphatic carbocycles. The molecule has 0 spiro atoms. The van der Waals surface area contributed by atoms with E-state index in [1.807, 2.05) is 0 Å². The van der Waals surface area contributed by atoms with E-state index in [0.29, 0.717) is 26.2 Å². The van der Waals surface area contributed by atoms with Crippen LogP contribution < -0.4 is 4.90 Å². The average molecular weight is 403 g/mol. The molecular weight excluding hydrogens is 383 g/mol. The number of carbonyl (C=O) groups is 2. The number of hydrogen-bond acceptors (Lipinski definition) is 7. The van der Waals surface area contributed by atoms with Gasteiger partial charge in [0.05, 0.1) is 18.2 Å². The van der Waals surface area contributed by atoms with Crippen molar-refractivity contribution >= 4 is 17.9 Å². The second kappa shape index (κ2) is 7.78. The van der Waals surface area contributed by atoms with Gasteiger partial charge < -0.3 is 24.5 Å². The molecule has 0 aromatic carbocycles. The molecule has 2 aliphatic rings.